The molecule has 1 aliphatic rings. The van der Waals surface area contributed by atoms with Crippen LogP contribution in [-0.2, 0) is 6.42 Å². The van der Waals surface area contributed by atoms with Crippen molar-refractivity contribution in [2.75, 3.05) is 0 Å². The standard InChI is InChI=1S/C18H12Cl2N2/c19-16-6-5-11(8-17(16)20)15-7-12-9-21-10-22-18(12)14-4-2-1-3-13(14)15/h1-6,8-10,15H,7H2. The maximum absolute atomic E-state index is 6.20. The molecule has 0 saturated carbocycles. The molecule has 4 heteroatoms. The minimum atomic E-state index is 0.240. The molecule has 4 rings (SSSR count). The number of nitrogens with zero attached hydrogens (tertiary/aromatic N) is 2. The van der Waals surface area contributed by atoms with Gasteiger partial charge in [-0.25, -0.2) is 9.97 Å². The van der Waals surface area contributed by atoms with Gasteiger partial charge in [0.2, 0.25) is 0 Å². The lowest BCUT2D eigenvalue weighted by Crippen LogP contribution is -2.14. The Bertz CT molecular complexity index is 861. The SMILES string of the molecule is Clc1ccc(C2Cc3cncnc3-c3ccccc32)cc1Cl. The summed E-state index contributed by atoms with van der Waals surface area (Å²) in [5.41, 5.74) is 5.80. The van der Waals surface area contributed by atoms with Gasteiger partial charge in [0.25, 0.3) is 0 Å². The van der Waals surface area contributed by atoms with Gasteiger partial charge >= 0.3 is 0 Å². The molecule has 1 unspecified atom stereocenters. The first kappa shape index (κ1) is 13.7. The van der Waals surface area contributed by atoms with Gasteiger partial charge in [-0.2, -0.15) is 0 Å². The number of hydrogen-bond acceptors (Lipinski definition) is 2. The largest absolute Gasteiger partial charge is 0.244 e. The predicted octanol–water partition coefficient (Wildman–Crippen LogP) is 5.14. The van der Waals surface area contributed by atoms with E-state index in [1.54, 1.807) is 6.33 Å². The number of rotatable bonds is 1. The number of hydrogen-bond donors (Lipinski definition) is 0. The third kappa shape index (κ3) is 2.20. The summed E-state index contributed by atoms with van der Waals surface area (Å²) in [7, 11) is 0. The van der Waals surface area contributed by atoms with Crippen LogP contribution in [0.4, 0.5) is 0 Å². The Balaban J connectivity index is 1.90. The molecule has 0 aliphatic heterocycles. The van der Waals surface area contributed by atoms with E-state index in [4.69, 9.17) is 23.2 Å². The predicted molar refractivity (Wildman–Crippen MR) is 89.5 cm³/mol. The summed E-state index contributed by atoms with van der Waals surface area (Å²) >= 11 is 12.3. The molecule has 108 valence electrons. The maximum atomic E-state index is 6.20. The van der Waals surface area contributed by atoms with Crippen molar-refractivity contribution in [2.24, 2.45) is 0 Å². The van der Waals surface area contributed by atoms with Crippen molar-refractivity contribution in [1.29, 1.82) is 0 Å². The minimum Gasteiger partial charge on any atom is -0.244 e. The van der Waals surface area contributed by atoms with Crippen LogP contribution in [0.1, 0.15) is 22.6 Å². The zero-order valence-corrected chi connectivity index (χ0v) is 13.1. The second kappa shape index (κ2) is 5.38. The summed E-state index contributed by atoms with van der Waals surface area (Å²) in [5.74, 6) is 0.240. The molecule has 0 amide bonds. The van der Waals surface area contributed by atoms with Crippen molar-refractivity contribution in [3.63, 3.8) is 0 Å². The third-order valence-electron chi connectivity index (χ3n) is 4.15. The average Bonchev–Trinajstić information content (AvgIpc) is 2.57. The summed E-state index contributed by atoms with van der Waals surface area (Å²) in [6, 6.07) is 14.2. The molecular formula is C18H12Cl2N2. The summed E-state index contributed by atoms with van der Waals surface area (Å²) in [5, 5.41) is 1.17. The van der Waals surface area contributed by atoms with Gasteiger partial charge in [-0.15, -0.1) is 0 Å². The molecule has 0 saturated heterocycles. The summed E-state index contributed by atoms with van der Waals surface area (Å²) in [4.78, 5) is 8.63. The van der Waals surface area contributed by atoms with Crippen LogP contribution in [0.15, 0.2) is 55.0 Å². The highest BCUT2D eigenvalue weighted by Crippen LogP contribution is 2.42. The van der Waals surface area contributed by atoms with Crippen molar-refractivity contribution in [2.45, 2.75) is 12.3 Å². The van der Waals surface area contributed by atoms with Gasteiger partial charge < -0.3 is 0 Å². The van der Waals surface area contributed by atoms with Gasteiger partial charge in [0.1, 0.15) is 6.33 Å². The molecule has 0 fully saturated rings. The lowest BCUT2D eigenvalue weighted by atomic mass is 9.78. The van der Waals surface area contributed by atoms with Gasteiger partial charge in [-0.1, -0.05) is 53.5 Å². The molecule has 0 bridgehead atoms. The second-order valence-corrected chi connectivity index (χ2v) is 6.23. The van der Waals surface area contributed by atoms with E-state index in [-0.39, 0.29) is 5.92 Å². The third-order valence-corrected chi connectivity index (χ3v) is 4.89. The van der Waals surface area contributed by atoms with Crippen LogP contribution < -0.4 is 0 Å². The smallest absolute Gasteiger partial charge is 0.116 e. The molecule has 0 N–H and O–H groups in total. The summed E-state index contributed by atoms with van der Waals surface area (Å²) < 4.78 is 0. The molecule has 2 nitrogen and oxygen atoms in total. The average molecular weight is 327 g/mol. The summed E-state index contributed by atoms with van der Waals surface area (Å²) in [6.07, 6.45) is 4.38. The van der Waals surface area contributed by atoms with Crippen molar-refractivity contribution < 1.29 is 0 Å². The van der Waals surface area contributed by atoms with Crippen LogP contribution >= 0.6 is 23.2 Å². The first-order chi connectivity index (χ1) is 10.7. The first-order valence-electron chi connectivity index (χ1n) is 7.07. The number of benzene rings is 2. The lowest BCUT2D eigenvalue weighted by Gasteiger charge is -2.27. The fourth-order valence-electron chi connectivity index (χ4n) is 3.12. The van der Waals surface area contributed by atoms with Crippen LogP contribution in [0.25, 0.3) is 11.3 Å². The fraction of sp³-hybridized carbons (Fsp3) is 0.111. The van der Waals surface area contributed by atoms with E-state index in [1.807, 2.05) is 30.5 Å². The molecule has 3 aromatic rings. The van der Waals surface area contributed by atoms with Crippen molar-refractivity contribution in [1.82, 2.24) is 9.97 Å². The molecule has 1 aliphatic carbocycles. The van der Waals surface area contributed by atoms with Crippen molar-refractivity contribution >= 4 is 23.2 Å². The van der Waals surface area contributed by atoms with Gasteiger partial charge in [0.15, 0.2) is 0 Å². The molecule has 1 heterocycles. The van der Waals surface area contributed by atoms with Gasteiger partial charge in [-0.05, 0) is 35.2 Å². The van der Waals surface area contributed by atoms with E-state index >= 15 is 0 Å². The van der Waals surface area contributed by atoms with E-state index in [0.29, 0.717) is 10.0 Å². The Hall–Kier alpha value is -1.90. The highest BCUT2D eigenvalue weighted by Gasteiger charge is 2.26. The van der Waals surface area contributed by atoms with Gasteiger partial charge in [-0.3, -0.25) is 0 Å². The normalized spacial score (nSPS) is 16.0. The number of aromatic nitrogens is 2. The maximum Gasteiger partial charge on any atom is 0.116 e. The van der Waals surface area contributed by atoms with E-state index in [0.717, 1.165) is 23.2 Å². The molecule has 22 heavy (non-hydrogen) atoms. The monoisotopic (exact) mass is 326 g/mol. The van der Waals surface area contributed by atoms with Crippen molar-refractivity contribution in [3.8, 4) is 11.3 Å². The Labute approximate surface area is 138 Å². The number of fused-ring (bicyclic) bond motifs is 3. The molecule has 1 aromatic heterocycles. The van der Waals surface area contributed by atoms with Crippen LogP contribution in [0.5, 0.6) is 0 Å². The quantitative estimate of drug-likeness (QED) is 0.618. The van der Waals surface area contributed by atoms with Crippen LogP contribution in [-0.4, -0.2) is 9.97 Å². The Morgan fingerprint density at radius 1 is 1.00 bits per heavy atom. The molecule has 2 aromatic carbocycles. The topological polar surface area (TPSA) is 25.8 Å². The molecule has 0 radical (unpaired) electrons. The highest BCUT2D eigenvalue weighted by atomic mass is 35.5. The Kier molecular flexibility index (Phi) is 3.36. The summed E-state index contributed by atoms with van der Waals surface area (Å²) in [6.45, 7) is 0. The van der Waals surface area contributed by atoms with Crippen LogP contribution in [0, 0.1) is 0 Å². The minimum absolute atomic E-state index is 0.240. The molecule has 1 atom stereocenters. The van der Waals surface area contributed by atoms with Crippen LogP contribution in [0.2, 0.25) is 10.0 Å². The molecular weight excluding hydrogens is 315 g/mol. The van der Waals surface area contributed by atoms with Gasteiger partial charge in [0.05, 0.1) is 15.7 Å². The fourth-order valence-corrected chi connectivity index (χ4v) is 3.43. The molecule has 0 spiro atoms. The van der Waals surface area contributed by atoms with E-state index in [9.17, 15) is 0 Å². The van der Waals surface area contributed by atoms with E-state index in [1.165, 1.54) is 11.1 Å². The Morgan fingerprint density at radius 3 is 2.73 bits per heavy atom. The second-order valence-electron chi connectivity index (χ2n) is 5.41. The van der Waals surface area contributed by atoms with Crippen LogP contribution in [0.3, 0.4) is 0 Å². The first-order valence-corrected chi connectivity index (χ1v) is 7.83. The lowest BCUT2D eigenvalue weighted by molar-refractivity contribution is 0.781. The van der Waals surface area contributed by atoms with Crippen molar-refractivity contribution in [3.05, 3.63) is 81.7 Å². The Morgan fingerprint density at radius 2 is 1.86 bits per heavy atom. The zero-order valence-electron chi connectivity index (χ0n) is 11.6. The number of halogens is 2. The zero-order chi connectivity index (χ0) is 15.1. The highest BCUT2D eigenvalue weighted by molar-refractivity contribution is 6.42. The van der Waals surface area contributed by atoms with Gasteiger partial charge in [0, 0.05) is 17.7 Å². The van der Waals surface area contributed by atoms with E-state index < -0.39 is 0 Å². The van der Waals surface area contributed by atoms with E-state index in [2.05, 4.69) is 28.2 Å².